The van der Waals surface area contributed by atoms with Crippen LogP contribution in [0.25, 0.3) is 0 Å². The van der Waals surface area contributed by atoms with Gasteiger partial charge in [0.2, 0.25) is 0 Å². The highest BCUT2D eigenvalue weighted by Crippen LogP contribution is 2.26. The Hall–Kier alpha value is -1.67. The van der Waals surface area contributed by atoms with Crippen LogP contribution in [-0.4, -0.2) is 44.9 Å². The summed E-state index contributed by atoms with van der Waals surface area (Å²) in [6.45, 7) is 7.46. The molecule has 1 fully saturated rings. The Morgan fingerprint density at radius 2 is 2.08 bits per heavy atom. The summed E-state index contributed by atoms with van der Waals surface area (Å²) in [6.07, 6.45) is 7.70. The zero-order valence-electron chi connectivity index (χ0n) is 15.4. The average Bonchev–Trinajstić information content (AvgIpc) is 3.14. The first kappa shape index (κ1) is 18.1. The highest BCUT2D eigenvalue weighted by molar-refractivity contribution is 7.89. The van der Waals surface area contributed by atoms with Crippen LogP contribution in [0.5, 0.6) is 0 Å². The van der Waals surface area contributed by atoms with Gasteiger partial charge in [-0.1, -0.05) is 0 Å². The van der Waals surface area contributed by atoms with Gasteiger partial charge in [-0.15, -0.1) is 0 Å². The van der Waals surface area contributed by atoms with E-state index in [9.17, 15) is 8.42 Å². The standard InChI is InChI=1S/C17H27N5O2S/c1-13(2)22-14(3)9-18-16(22)8-15-6-5-7-21(10-15)25(23,24)17-11-20(4)12-19-17/h9,11-13,15H,5-8,10H2,1-4H3. The van der Waals surface area contributed by atoms with Gasteiger partial charge in [-0.2, -0.15) is 4.31 Å². The molecule has 0 bridgehead atoms. The lowest BCUT2D eigenvalue weighted by Crippen LogP contribution is -2.40. The lowest BCUT2D eigenvalue weighted by atomic mass is 9.96. The van der Waals surface area contributed by atoms with Crippen LogP contribution < -0.4 is 0 Å². The maximum atomic E-state index is 12.8. The van der Waals surface area contributed by atoms with Crippen molar-refractivity contribution in [2.75, 3.05) is 13.1 Å². The smallest absolute Gasteiger partial charge is 0.262 e. The third kappa shape index (κ3) is 3.64. The summed E-state index contributed by atoms with van der Waals surface area (Å²) >= 11 is 0. The average molecular weight is 366 g/mol. The second kappa shape index (κ2) is 6.92. The fourth-order valence-electron chi connectivity index (χ4n) is 3.68. The molecule has 25 heavy (non-hydrogen) atoms. The van der Waals surface area contributed by atoms with Gasteiger partial charge in [0, 0.05) is 50.7 Å². The highest BCUT2D eigenvalue weighted by Gasteiger charge is 2.32. The first-order valence-corrected chi connectivity index (χ1v) is 10.2. The molecule has 1 saturated heterocycles. The molecule has 0 saturated carbocycles. The highest BCUT2D eigenvalue weighted by atomic mass is 32.2. The lowest BCUT2D eigenvalue weighted by Gasteiger charge is -2.31. The van der Waals surface area contributed by atoms with E-state index in [2.05, 4.69) is 35.3 Å². The van der Waals surface area contributed by atoms with Gasteiger partial charge < -0.3 is 9.13 Å². The van der Waals surface area contributed by atoms with E-state index >= 15 is 0 Å². The molecule has 3 rings (SSSR count). The Labute approximate surface area is 149 Å². The predicted octanol–water partition coefficient (Wildman–Crippen LogP) is 2.15. The van der Waals surface area contributed by atoms with E-state index in [-0.39, 0.29) is 10.9 Å². The van der Waals surface area contributed by atoms with Crippen molar-refractivity contribution in [1.82, 2.24) is 23.4 Å². The Morgan fingerprint density at radius 1 is 1.32 bits per heavy atom. The van der Waals surface area contributed by atoms with E-state index in [4.69, 9.17) is 0 Å². The summed E-state index contributed by atoms with van der Waals surface area (Å²) in [5.74, 6) is 1.33. The molecule has 0 spiro atoms. The molecule has 3 heterocycles. The number of hydrogen-bond donors (Lipinski definition) is 0. The van der Waals surface area contributed by atoms with Crippen molar-refractivity contribution in [1.29, 1.82) is 0 Å². The molecule has 0 radical (unpaired) electrons. The van der Waals surface area contributed by atoms with Crippen LogP contribution >= 0.6 is 0 Å². The molecule has 0 aromatic carbocycles. The second-order valence-electron chi connectivity index (χ2n) is 7.23. The summed E-state index contributed by atoms with van der Waals surface area (Å²) in [4.78, 5) is 8.59. The van der Waals surface area contributed by atoms with Gasteiger partial charge in [-0.05, 0) is 39.5 Å². The molecule has 1 aliphatic rings. The molecule has 0 amide bonds. The van der Waals surface area contributed by atoms with Gasteiger partial charge in [-0.3, -0.25) is 0 Å². The molecule has 7 nitrogen and oxygen atoms in total. The van der Waals surface area contributed by atoms with Crippen molar-refractivity contribution < 1.29 is 8.42 Å². The van der Waals surface area contributed by atoms with E-state index in [0.717, 1.165) is 30.8 Å². The summed E-state index contributed by atoms with van der Waals surface area (Å²) in [5, 5.41) is 0.134. The van der Waals surface area contributed by atoms with E-state index in [1.165, 1.54) is 6.33 Å². The monoisotopic (exact) mass is 365 g/mol. The SMILES string of the molecule is Cc1cnc(CC2CCCN(S(=O)(=O)c3cn(C)cn3)C2)n1C(C)C. The molecule has 0 aliphatic carbocycles. The zero-order chi connectivity index (χ0) is 18.2. The summed E-state index contributed by atoms with van der Waals surface area (Å²) < 4.78 is 31.1. The Bertz CT molecular complexity index is 837. The van der Waals surface area contributed by atoms with E-state index in [1.54, 1.807) is 22.1 Å². The molecular formula is C17H27N5O2S. The third-order valence-corrected chi connectivity index (χ3v) is 6.56. The quantitative estimate of drug-likeness (QED) is 0.814. The molecule has 2 aromatic rings. The van der Waals surface area contributed by atoms with Crippen LogP contribution in [-0.2, 0) is 23.5 Å². The zero-order valence-corrected chi connectivity index (χ0v) is 16.2. The molecule has 8 heteroatoms. The van der Waals surface area contributed by atoms with Gasteiger partial charge in [0.1, 0.15) is 5.82 Å². The van der Waals surface area contributed by atoms with Crippen LogP contribution in [0.1, 0.15) is 44.2 Å². The number of sulfonamides is 1. The minimum Gasteiger partial charge on any atom is -0.339 e. The van der Waals surface area contributed by atoms with Crippen LogP contribution in [0.15, 0.2) is 23.7 Å². The van der Waals surface area contributed by atoms with E-state index in [1.807, 2.05) is 6.20 Å². The van der Waals surface area contributed by atoms with Crippen molar-refractivity contribution in [3.63, 3.8) is 0 Å². The molecular weight excluding hydrogens is 338 g/mol. The second-order valence-corrected chi connectivity index (χ2v) is 9.12. The predicted molar refractivity (Wildman–Crippen MR) is 95.7 cm³/mol. The molecule has 2 aromatic heterocycles. The third-order valence-electron chi connectivity index (χ3n) is 4.81. The Morgan fingerprint density at radius 3 is 2.72 bits per heavy atom. The fraction of sp³-hybridized carbons (Fsp3) is 0.647. The first-order valence-electron chi connectivity index (χ1n) is 8.80. The van der Waals surface area contributed by atoms with Crippen LogP contribution in [0, 0.1) is 12.8 Å². The normalized spacial score (nSPS) is 19.6. The molecule has 1 atom stereocenters. The number of imidazole rings is 2. The number of hydrogen-bond acceptors (Lipinski definition) is 4. The molecule has 1 unspecified atom stereocenters. The maximum absolute atomic E-state index is 12.8. The van der Waals surface area contributed by atoms with Gasteiger partial charge in [0.25, 0.3) is 10.0 Å². The summed E-state index contributed by atoms with van der Waals surface area (Å²) in [5.41, 5.74) is 1.15. The topological polar surface area (TPSA) is 73.0 Å². The Kier molecular flexibility index (Phi) is 5.02. The Balaban J connectivity index is 1.76. The molecule has 1 aliphatic heterocycles. The minimum atomic E-state index is -3.51. The van der Waals surface area contributed by atoms with Crippen molar-refractivity contribution in [3.8, 4) is 0 Å². The van der Waals surface area contributed by atoms with Gasteiger partial charge in [0.05, 0.1) is 6.33 Å². The number of aryl methyl sites for hydroxylation is 2. The number of piperidine rings is 1. The summed E-state index contributed by atoms with van der Waals surface area (Å²) in [6, 6.07) is 0.356. The first-order chi connectivity index (χ1) is 11.8. The van der Waals surface area contributed by atoms with Crippen molar-refractivity contribution in [2.24, 2.45) is 13.0 Å². The van der Waals surface area contributed by atoms with E-state index < -0.39 is 10.0 Å². The lowest BCUT2D eigenvalue weighted by molar-refractivity contribution is 0.260. The van der Waals surface area contributed by atoms with Crippen molar-refractivity contribution >= 4 is 10.0 Å². The van der Waals surface area contributed by atoms with Gasteiger partial charge in [0.15, 0.2) is 5.03 Å². The maximum Gasteiger partial charge on any atom is 0.262 e. The van der Waals surface area contributed by atoms with E-state index in [0.29, 0.717) is 19.1 Å². The minimum absolute atomic E-state index is 0.134. The van der Waals surface area contributed by atoms with Crippen LogP contribution in [0.3, 0.4) is 0 Å². The largest absolute Gasteiger partial charge is 0.339 e. The number of aromatic nitrogens is 4. The van der Waals surface area contributed by atoms with Gasteiger partial charge in [-0.25, -0.2) is 18.4 Å². The number of nitrogens with zero attached hydrogens (tertiary/aromatic N) is 5. The summed E-state index contributed by atoms with van der Waals surface area (Å²) in [7, 11) is -1.74. The van der Waals surface area contributed by atoms with Crippen molar-refractivity contribution in [3.05, 3.63) is 30.2 Å². The molecule has 0 N–H and O–H groups in total. The number of rotatable bonds is 5. The molecule has 138 valence electrons. The van der Waals surface area contributed by atoms with Crippen LogP contribution in [0.2, 0.25) is 0 Å². The van der Waals surface area contributed by atoms with Crippen molar-refractivity contribution in [2.45, 2.75) is 51.1 Å². The fourth-order valence-corrected chi connectivity index (χ4v) is 5.20. The van der Waals surface area contributed by atoms with Gasteiger partial charge >= 0.3 is 0 Å². The van der Waals surface area contributed by atoms with Crippen LogP contribution in [0.4, 0.5) is 0 Å².